The van der Waals surface area contributed by atoms with Crippen molar-refractivity contribution in [3.63, 3.8) is 0 Å². The molecular weight excluding hydrogens is 184 g/mol. The van der Waals surface area contributed by atoms with Crippen molar-refractivity contribution in [3.05, 3.63) is 34.9 Å². The molecule has 1 aliphatic carbocycles. The summed E-state index contributed by atoms with van der Waals surface area (Å²) >= 11 is 0. The van der Waals surface area contributed by atoms with Crippen molar-refractivity contribution in [2.75, 3.05) is 0 Å². The van der Waals surface area contributed by atoms with Gasteiger partial charge >= 0.3 is 0 Å². The standard InChI is InChI=1S/C13H16O.CH4/c1-3-10-5-7-13(14)11-6-4-9(2)8-12(10)11;/h4,6,8,10H,3,5,7H2,1-2H3;1H4. The molecule has 0 bridgehead atoms. The summed E-state index contributed by atoms with van der Waals surface area (Å²) in [6.07, 6.45) is 2.91. The second kappa shape index (κ2) is 4.61. The average molecular weight is 204 g/mol. The zero-order valence-corrected chi connectivity index (χ0v) is 8.84. The van der Waals surface area contributed by atoms with Gasteiger partial charge < -0.3 is 0 Å². The third-order valence-electron chi connectivity index (χ3n) is 3.16. The Bertz CT molecular complexity index is 366. The SMILES string of the molecule is C.CCC1CCC(=O)c2ccc(C)cc21. The number of carbonyl (C=O) groups is 1. The van der Waals surface area contributed by atoms with Gasteiger partial charge in [0, 0.05) is 12.0 Å². The van der Waals surface area contributed by atoms with Crippen LogP contribution in [0.1, 0.15) is 61.0 Å². The van der Waals surface area contributed by atoms with Crippen LogP contribution in [0, 0.1) is 6.92 Å². The van der Waals surface area contributed by atoms with Gasteiger partial charge in [-0.2, -0.15) is 0 Å². The third-order valence-corrected chi connectivity index (χ3v) is 3.16. The molecule has 1 unspecified atom stereocenters. The fourth-order valence-electron chi connectivity index (χ4n) is 2.29. The quantitative estimate of drug-likeness (QED) is 0.673. The van der Waals surface area contributed by atoms with E-state index in [4.69, 9.17) is 0 Å². The highest BCUT2D eigenvalue weighted by atomic mass is 16.1. The van der Waals surface area contributed by atoms with Gasteiger partial charge in [0.05, 0.1) is 0 Å². The van der Waals surface area contributed by atoms with Gasteiger partial charge in [-0.05, 0) is 31.2 Å². The number of ketones is 1. The Hall–Kier alpha value is -1.11. The number of fused-ring (bicyclic) bond motifs is 1. The first kappa shape index (κ1) is 12.0. The lowest BCUT2D eigenvalue weighted by molar-refractivity contribution is 0.0966. The van der Waals surface area contributed by atoms with E-state index in [9.17, 15) is 4.79 Å². The maximum atomic E-state index is 11.7. The molecule has 1 atom stereocenters. The Morgan fingerprint density at radius 2 is 2.13 bits per heavy atom. The number of carbonyl (C=O) groups excluding carboxylic acids is 1. The van der Waals surface area contributed by atoms with Crippen LogP contribution in [0.3, 0.4) is 0 Å². The smallest absolute Gasteiger partial charge is 0.163 e. The molecule has 0 N–H and O–H groups in total. The average Bonchev–Trinajstić information content (AvgIpc) is 2.18. The monoisotopic (exact) mass is 204 g/mol. The molecule has 0 heterocycles. The molecular formula is C14H20O. The Labute approximate surface area is 92.5 Å². The lowest BCUT2D eigenvalue weighted by atomic mass is 9.80. The largest absolute Gasteiger partial charge is 0.294 e. The van der Waals surface area contributed by atoms with Crippen LogP contribution in [0.5, 0.6) is 0 Å². The summed E-state index contributed by atoms with van der Waals surface area (Å²) in [7, 11) is 0. The van der Waals surface area contributed by atoms with Crippen LogP contribution in [0.15, 0.2) is 18.2 Å². The van der Waals surface area contributed by atoms with Crippen LogP contribution in [0.4, 0.5) is 0 Å². The predicted molar refractivity (Wildman–Crippen MR) is 64.5 cm³/mol. The highest BCUT2D eigenvalue weighted by Gasteiger charge is 2.23. The van der Waals surface area contributed by atoms with Crippen LogP contribution in [0.25, 0.3) is 0 Å². The van der Waals surface area contributed by atoms with Gasteiger partial charge in [0.2, 0.25) is 0 Å². The minimum Gasteiger partial charge on any atom is -0.294 e. The van der Waals surface area contributed by atoms with Crippen molar-refractivity contribution >= 4 is 5.78 Å². The molecule has 0 aliphatic heterocycles. The van der Waals surface area contributed by atoms with E-state index >= 15 is 0 Å². The van der Waals surface area contributed by atoms with E-state index in [-0.39, 0.29) is 7.43 Å². The molecule has 82 valence electrons. The Morgan fingerprint density at radius 3 is 2.80 bits per heavy atom. The fraction of sp³-hybridized carbons (Fsp3) is 0.500. The van der Waals surface area contributed by atoms with Gasteiger partial charge in [0.1, 0.15) is 0 Å². The summed E-state index contributed by atoms with van der Waals surface area (Å²) in [5.41, 5.74) is 3.51. The minimum absolute atomic E-state index is 0. The van der Waals surface area contributed by atoms with E-state index in [0.29, 0.717) is 11.7 Å². The molecule has 1 heteroatoms. The van der Waals surface area contributed by atoms with Gasteiger partial charge in [0.15, 0.2) is 5.78 Å². The Kier molecular flexibility index (Phi) is 3.67. The molecule has 0 aromatic heterocycles. The zero-order chi connectivity index (χ0) is 10.1. The van der Waals surface area contributed by atoms with E-state index in [2.05, 4.69) is 19.9 Å². The number of hydrogen-bond acceptors (Lipinski definition) is 1. The highest BCUT2D eigenvalue weighted by molar-refractivity contribution is 5.98. The lowest BCUT2D eigenvalue weighted by Gasteiger charge is -2.23. The van der Waals surface area contributed by atoms with E-state index < -0.39 is 0 Å². The number of rotatable bonds is 1. The molecule has 1 aromatic rings. The highest BCUT2D eigenvalue weighted by Crippen LogP contribution is 2.34. The van der Waals surface area contributed by atoms with E-state index in [1.165, 1.54) is 11.1 Å². The van der Waals surface area contributed by atoms with Crippen LogP contribution in [0.2, 0.25) is 0 Å². The molecule has 0 radical (unpaired) electrons. The van der Waals surface area contributed by atoms with Crippen LogP contribution in [-0.2, 0) is 0 Å². The normalized spacial score (nSPS) is 19.3. The van der Waals surface area contributed by atoms with Crippen molar-refractivity contribution in [3.8, 4) is 0 Å². The molecule has 2 rings (SSSR count). The van der Waals surface area contributed by atoms with Gasteiger partial charge in [-0.1, -0.05) is 38.1 Å². The summed E-state index contributed by atoms with van der Waals surface area (Å²) in [5, 5.41) is 0. The van der Waals surface area contributed by atoms with E-state index in [1.54, 1.807) is 0 Å². The topological polar surface area (TPSA) is 17.1 Å². The molecule has 1 nitrogen and oxygen atoms in total. The first-order chi connectivity index (χ1) is 6.72. The number of hydrogen-bond donors (Lipinski definition) is 0. The van der Waals surface area contributed by atoms with Crippen molar-refractivity contribution in [1.82, 2.24) is 0 Å². The molecule has 1 aromatic carbocycles. The maximum Gasteiger partial charge on any atom is 0.163 e. The van der Waals surface area contributed by atoms with Crippen molar-refractivity contribution in [2.24, 2.45) is 0 Å². The summed E-state index contributed by atoms with van der Waals surface area (Å²) < 4.78 is 0. The molecule has 0 saturated carbocycles. The van der Waals surface area contributed by atoms with E-state index in [0.717, 1.165) is 24.8 Å². The minimum atomic E-state index is 0. The summed E-state index contributed by atoms with van der Waals surface area (Å²) in [6, 6.07) is 6.21. The molecule has 15 heavy (non-hydrogen) atoms. The van der Waals surface area contributed by atoms with E-state index in [1.807, 2.05) is 12.1 Å². The summed E-state index contributed by atoms with van der Waals surface area (Å²) in [5.74, 6) is 0.923. The molecule has 0 fully saturated rings. The van der Waals surface area contributed by atoms with Crippen molar-refractivity contribution in [2.45, 2.75) is 46.5 Å². The molecule has 0 spiro atoms. The van der Waals surface area contributed by atoms with Gasteiger partial charge in [0.25, 0.3) is 0 Å². The zero-order valence-electron chi connectivity index (χ0n) is 8.84. The van der Waals surface area contributed by atoms with Crippen molar-refractivity contribution < 1.29 is 4.79 Å². The van der Waals surface area contributed by atoms with Crippen molar-refractivity contribution in [1.29, 1.82) is 0 Å². The number of benzene rings is 1. The molecule has 0 amide bonds. The summed E-state index contributed by atoms with van der Waals surface area (Å²) in [6.45, 7) is 4.29. The van der Waals surface area contributed by atoms with Gasteiger partial charge in [-0.25, -0.2) is 0 Å². The number of Topliss-reactive ketones (excluding diaryl/α,β-unsaturated/α-hetero) is 1. The third kappa shape index (κ3) is 2.11. The van der Waals surface area contributed by atoms with Crippen LogP contribution < -0.4 is 0 Å². The Morgan fingerprint density at radius 1 is 1.40 bits per heavy atom. The predicted octanol–water partition coefficient (Wildman–Crippen LogP) is 4.10. The second-order valence-corrected chi connectivity index (χ2v) is 4.16. The maximum absolute atomic E-state index is 11.7. The fourth-order valence-corrected chi connectivity index (χ4v) is 2.29. The lowest BCUT2D eigenvalue weighted by Crippen LogP contribution is -2.15. The van der Waals surface area contributed by atoms with Gasteiger partial charge in [-0.3, -0.25) is 4.79 Å². The first-order valence-electron chi connectivity index (χ1n) is 5.36. The Balaban J connectivity index is 0.00000112. The number of aryl methyl sites for hydroxylation is 1. The van der Waals surface area contributed by atoms with Gasteiger partial charge in [-0.15, -0.1) is 0 Å². The molecule has 1 aliphatic rings. The molecule has 0 saturated heterocycles. The first-order valence-corrected chi connectivity index (χ1v) is 5.36. The van der Waals surface area contributed by atoms with Crippen LogP contribution in [-0.4, -0.2) is 5.78 Å². The second-order valence-electron chi connectivity index (χ2n) is 4.16. The van der Waals surface area contributed by atoms with Crippen LogP contribution >= 0.6 is 0 Å². The summed E-state index contributed by atoms with van der Waals surface area (Å²) in [4.78, 5) is 11.7.